The van der Waals surface area contributed by atoms with Gasteiger partial charge in [0.2, 0.25) is 0 Å². The number of likely N-dealkylation sites (N-methyl/N-ethyl adjacent to an activating group) is 1. The molecule has 2 nitrogen and oxygen atoms in total. The van der Waals surface area contributed by atoms with Gasteiger partial charge in [-0.05, 0) is 63.8 Å². The highest BCUT2D eigenvalue weighted by Gasteiger charge is 2.34. The summed E-state index contributed by atoms with van der Waals surface area (Å²) in [7, 11) is 0. The highest BCUT2D eigenvalue weighted by Crippen LogP contribution is 2.33. The second-order valence-corrected chi connectivity index (χ2v) is 6.82. The monoisotopic (exact) mass is 282 g/mol. The first-order valence-electron chi connectivity index (χ1n) is 7.50. The van der Waals surface area contributed by atoms with Crippen LogP contribution in [0.4, 0.5) is 0 Å². The lowest BCUT2D eigenvalue weighted by Crippen LogP contribution is -2.52. The Kier molecular flexibility index (Phi) is 6.51. The van der Waals surface area contributed by atoms with Crippen molar-refractivity contribution in [3.05, 3.63) is 21.9 Å². The maximum absolute atomic E-state index is 3.75. The molecular formula is C16H30N2S. The van der Waals surface area contributed by atoms with Crippen LogP contribution in [0.5, 0.6) is 0 Å². The van der Waals surface area contributed by atoms with Crippen LogP contribution in [-0.4, -0.2) is 30.1 Å². The number of hydrogen-bond acceptors (Lipinski definition) is 3. The molecule has 1 heterocycles. The van der Waals surface area contributed by atoms with E-state index in [1.165, 1.54) is 16.9 Å². The van der Waals surface area contributed by atoms with Crippen molar-refractivity contribution in [2.45, 2.75) is 59.5 Å². The van der Waals surface area contributed by atoms with E-state index in [1.54, 1.807) is 0 Å². The zero-order chi connectivity index (χ0) is 14.5. The molecule has 0 aliphatic heterocycles. The van der Waals surface area contributed by atoms with E-state index < -0.39 is 0 Å². The number of aryl methyl sites for hydroxylation is 1. The van der Waals surface area contributed by atoms with Crippen LogP contribution in [0.2, 0.25) is 0 Å². The van der Waals surface area contributed by atoms with Gasteiger partial charge < -0.3 is 5.32 Å². The van der Waals surface area contributed by atoms with Crippen molar-refractivity contribution in [2.75, 3.05) is 19.6 Å². The molecule has 1 rings (SSSR count). The van der Waals surface area contributed by atoms with Crippen LogP contribution in [0.1, 0.15) is 57.5 Å². The Morgan fingerprint density at radius 1 is 1.26 bits per heavy atom. The summed E-state index contributed by atoms with van der Waals surface area (Å²) in [5.74, 6) is 0. The molecular weight excluding hydrogens is 252 g/mol. The quantitative estimate of drug-likeness (QED) is 0.768. The molecule has 1 N–H and O–H groups in total. The molecule has 1 aromatic rings. The fourth-order valence-electron chi connectivity index (χ4n) is 2.90. The van der Waals surface area contributed by atoms with Gasteiger partial charge >= 0.3 is 0 Å². The van der Waals surface area contributed by atoms with E-state index in [4.69, 9.17) is 0 Å². The molecule has 0 amide bonds. The van der Waals surface area contributed by atoms with Crippen LogP contribution in [-0.2, 0) is 0 Å². The molecule has 1 aromatic heterocycles. The number of nitrogens with one attached hydrogen (secondary N) is 1. The lowest BCUT2D eigenvalue weighted by molar-refractivity contribution is 0.0913. The van der Waals surface area contributed by atoms with E-state index in [9.17, 15) is 0 Å². The molecule has 1 atom stereocenters. The summed E-state index contributed by atoms with van der Waals surface area (Å²) in [6, 6.07) is 2.74. The van der Waals surface area contributed by atoms with Crippen molar-refractivity contribution in [3.8, 4) is 0 Å². The lowest BCUT2D eigenvalue weighted by atomic mass is 9.87. The molecule has 19 heavy (non-hydrogen) atoms. The van der Waals surface area contributed by atoms with Gasteiger partial charge in [-0.3, -0.25) is 4.90 Å². The molecule has 0 saturated carbocycles. The van der Waals surface area contributed by atoms with Gasteiger partial charge in [0.15, 0.2) is 0 Å². The predicted octanol–water partition coefficient (Wildman–Crippen LogP) is 4.22. The first kappa shape index (κ1) is 16.7. The summed E-state index contributed by atoms with van der Waals surface area (Å²) in [6.45, 7) is 16.9. The van der Waals surface area contributed by atoms with E-state index in [1.807, 2.05) is 11.3 Å². The van der Waals surface area contributed by atoms with E-state index in [0.29, 0.717) is 6.04 Å². The maximum Gasteiger partial charge on any atom is 0.0510 e. The minimum Gasteiger partial charge on any atom is -0.308 e. The molecule has 110 valence electrons. The van der Waals surface area contributed by atoms with Gasteiger partial charge in [-0.25, -0.2) is 0 Å². The van der Waals surface area contributed by atoms with Gasteiger partial charge in [0, 0.05) is 10.4 Å². The first-order chi connectivity index (χ1) is 8.97. The largest absolute Gasteiger partial charge is 0.308 e. The Morgan fingerprint density at radius 2 is 1.89 bits per heavy atom. The van der Waals surface area contributed by atoms with Crippen LogP contribution < -0.4 is 5.32 Å². The van der Waals surface area contributed by atoms with Gasteiger partial charge in [0.1, 0.15) is 0 Å². The average Bonchev–Trinajstić information content (AvgIpc) is 2.77. The van der Waals surface area contributed by atoms with Crippen molar-refractivity contribution in [1.82, 2.24) is 10.2 Å². The number of hydrogen-bond donors (Lipinski definition) is 1. The third-order valence-corrected chi connectivity index (χ3v) is 4.85. The van der Waals surface area contributed by atoms with E-state index in [0.717, 1.165) is 19.6 Å². The maximum atomic E-state index is 3.75. The van der Waals surface area contributed by atoms with Crippen LogP contribution in [0, 0.1) is 6.92 Å². The third kappa shape index (κ3) is 4.04. The molecule has 0 aromatic carbocycles. The summed E-state index contributed by atoms with van der Waals surface area (Å²) in [5.41, 5.74) is 1.57. The zero-order valence-electron chi connectivity index (χ0n) is 13.4. The zero-order valence-corrected chi connectivity index (χ0v) is 14.2. The number of nitrogens with zero attached hydrogens (tertiary/aromatic N) is 1. The first-order valence-corrected chi connectivity index (χ1v) is 8.38. The standard InChI is InChI=1S/C16H30N2S/c1-7-10-17-15(14-11-13(4)19-12-14)16(5,6)18(8-2)9-3/h11-12,15,17H,7-10H2,1-6H3. The Balaban J connectivity index is 3.01. The minimum atomic E-state index is 0.131. The second kappa shape index (κ2) is 7.41. The van der Waals surface area contributed by atoms with Crippen LogP contribution in [0.25, 0.3) is 0 Å². The molecule has 0 fully saturated rings. The average molecular weight is 282 g/mol. The Hall–Kier alpha value is -0.380. The Bertz CT molecular complexity index is 367. The van der Waals surface area contributed by atoms with E-state index >= 15 is 0 Å². The van der Waals surface area contributed by atoms with Crippen molar-refractivity contribution >= 4 is 11.3 Å². The topological polar surface area (TPSA) is 15.3 Å². The molecule has 0 bridgehead atoms. The van der Waals surface area contributed by atoms with Gasteiger partial charge in [-0.1, -0.05) is 20.8 Å². The summed E-state index contributed by atoms with van der Waals surface area (Å²) in [4.78, 5) is 3.95. The molecule has 0 spiro atoms. The summed E-state index contributed by atoms with van der Waals surface area (Å²) in [6.07, 6.45) is 1.17. The van der Waals surface area contributed by atoms with Gasteiger partial charge in [0.25, 0.3) is 0 Å². The predicted molar refractivity (Wildman–Crippen MR) is 87.1 cm³/mol. The van der Waals surface area contributed by atoms with Crippen LogP contribution in [0.3, 0.4) is 0 Å². The molecule has 0 saturated heterocycles. The molecule has 0 aliphatic rings. The Labute approximate surface area is 123 Å². The van der Waals surface area contributed by atoms with Gasteiger partial charge in [-0.15, -0.1) is 11.3 Å². The molecule has 1 unspecified atom stereocenters. The third-order valence-electron chi connectivity index (χ3n) is 3.97. The fraction of sp³-hybridized carbons (Fsp3) is 0.750. The van der Waals surface area contributed by atoms with Crippen molar-refractivity contribution in [1.29, 1.82) is 0 Å². The van der Waals surface area contributed by atoms with Crippen molar-refractivity contribution in [2.24, 2.45) is 0 Å². The molecule has 3 heteroatoms. The number of thiophene rings is 1. The SMILES string of the molecule is CCCNC(c1csc(C)c1)C(C)(C)N(CC)CC. The van der Waals surface area contributed by atoms with E-state index in [2.05, 4.69) is 63.2 Å². The normalized spacial score (nSPS) is 14.1. The highest BCUT2D eigenvalue weighted by molar-refractivity contribution is 7.10. The summed E-state index contributed by atoms with van der Waals surface area (Å²) >= 11 is 1.85. The van der Waals surface area contributed by atoms with Crippen molar-refractivity contribution in [3.63, 3.8) is 0 Å². The van der Waals surface area contributed by atoms with Crippen LogP contribution in [0.15, 0.2) is 11.4 Å². The van der Waals surface area contributed by atoms with E-state index in [-0.39, 0.29) is 5.54 Å². The summed E-state index contributed by atoms with van der Waals surface area (Å²) < 4.78 is 0. The van der Waals surface area contributed by atoms with Crippen molar-refractivity contribution < 1.29 is 0 Å². The van der Waals surface area contributed by atoms with Gasteiger partial charge in [-0.2, -0.15) is 0 Å². The Morgan fingerprint density at radius 3 is 2.32 bits per heavy atom. The summed E-state index contributed by atoms with van der Waals surface area (Å²) in [5, 5.41) is 6.07. The molecule has 0 radical (unpaired) electrons. The second-order valence-electron chi connectivity index (χ2n) is 5.70. The minimum absolute atomic E-state index is 0.131. The van der Waals surface area contributed by atoms with Crippen LogP contribution >= 0.6 is 11.3 Å². The molecule has 0 aliphatic carbocycles. The highest BCUT2D eigenvalue weighted by atomic mass is 32.1. The van der Waals surface area contributed by atoms with Gasteiger partial charge in [0.05, 0.1) is 6.04 Å². The number of rotatable bonds is 8. The lowest BCUT2D eigenvalue weighted by Gasteiger charge is -2.43. The smallest absolute Gasteiger partial charge is 0.0510 e. The fourth-order valence-corrected chi connectivity index (χ4v) is 3.63.